The normalized spacial score (nSPS) is 10.8. The number of H-pyrrole nitrogens is 1. The first kappa shape index (κ1) is 9.90. The van der Waals surface area contributed by atoms with Crippen LogP contribution < -0.4 is 5.73 Å². The molecule has 84 valence electrons. The van der Waals surface area contributed by atoms with E-state index in [0.717, 1.165) is 17.5 Å². The molecule has 0 atom stereocenters. The first-order valence-corrected chi connectivity index (χ1v) is 5.60. The van der Waals surface area contributed by atoms with Gasteiger partial charge in [0, 0.05) is 0 Å². The zero-order valence-electron chi connectivity index (χ0n) is 9.35. The topological polar surface area (TPSA) is 54.7 Å². The standard InChI is InChI=1S/C14H13N3/c15-14-16-12-8-4-7-11(13(12)17-14)9-10-5-2-1-3-6-10/h1-8H,9H2,(H3,15,16,17). The predicted octanol–water partition coefficient (Wildman–Crippen LogP) is 2.74. The van der Waals surface area contributed by atoms with Crippen LogP contribution >= 0.6 is 0 Å². The maximum absolute atomic E-state index is 5.69. The average molecular weight is 223 g/mol. The average Bonchev–Trinajstić information content (AvgIpc) is 2.72. The minimum absolute atomic E-state index is 0.473. The number of para-hydroxylation sites is 1. The SMILES string of the molecule is Nc1nc2c(Cc3ccccc3)cccc2[nH]1. The van der Waals surface area contributed by atoms with Crippen LogP contribution in [0.1, 0.15) is 11.1 Å². The van der Waals surface area contributed by atoms with Gasteiger partial charge >= 0.3 is 0 Å². The number of aromatic amines is 1. The molecule has 3 N–H and O–H groups in total. The van der Waals surface area contributed by atoms with Gasteiger partial charge in [-0.15, -0.1) is 0 Å². The monoisotopic (exact) mass is 223 g/mol. The molecule has 17 heavy (non-hydrogen) atoms. The molecule has 3 heteroatoms. The lowest BCUT2D eigenvalue weighted by Gasteiger charge is -2.02. The second-order valence-electron chi connectivity index (χ2n) is 4.10. The molecule has 0 bridgehead atoms. The van der Waals surface area contributed by atoms with Crippen molar-refractivity contribution in [2.24, 2.45) is 0 Å². The Bertz CT molecular complexity index is 641. The van der Waals surface area contributed by atoms with Crippen LogP contribution in [0, 0.1) is 0 Å². The summed E-state index contributed by atoms with van der Waals surface area (Å²) in [5, 5.41) is 0. The maximum Gasteiger partial charge on any atom is 0.198 e. The lowest BCUT2D eigenvalue weighted by molar-refractivity contribution is 1.20. The molecule has 0 aliphatic rings. The molecule has 0 saturated carbocycles. The Morgan fingerprint density at radius 3 is 2.65 bits per heavy atom. The van der Waals surface area contributed by atoms with E-state index in [1.54, 1.807) is 0 Å². The van der Waals surface area contributed by atoms with Crippen molar-refractivity contribution in [2.75, 3.05) is 5.73 Å². The Morgan fingerprint density at radius 1 is 1.00 bits per heavy atom. The molecule has 0 unspecified atom stereocenters. The molecular formula is C14H13N3. The number of imidazole rings is 1. The van der Waals surface area contributed by atoms with E-state index in [2.05, 4.69) is 28.2 Å². The largest absolute Gasteiger partial charge is 0.369 e. The zero-order chi connectivity index (χ0) is 11.7. The molecule has 0 radical (unpaired) electrons. The summed E-state index contributed by atoms with van der Waals surface area (Å²) < 4.78 is 0. The van der Waals surface area contributed by atoms with Gasteiger partial charge in [0.25, 0.3) is 0 Å². The van der Waals surface area contributed by atoms with E-state index in [1.807, 2.05) is 30.3 Å². The van der Waals surface area contributed by atoms with Gasteiger partial charge in [-0.3, -0.25) is 0 Å². The van der Waals surface area contributed by atoms with Crippen LogP contribution in [-0.2, 0) is 6.42 Å². The molecule has 0 saturated heterocycles. The Hall–Kier alpha value is -2.29. The molecule has 0 aliphatic carbocycles. The molecule has 3 aromatic rings. The van der Waals surface area contributed by atoms with Crippen molar-refractivity contribution in [1.82, 2.24) is 9.97 Å². The molecule has 3 rings (SSSR count). The molecule has 0 spiro atoms. The van der Waals surface area contributed by atoms with Gasteiger partial charge in [-0.05, 0) is 23.6 Å². The molecule has 0 aliphatic heterocycles. The van der Waals surface area contributed by atoms with Gasteiger partial charge in [0.05, 0.1) is 11.0 Å². The second-order valence-corrected chi connectivity index (χ2v) is 4.10. The Balaban J connectivity index is 2.06. The molecule has 0 amide bonds. The van der Waals surface area contributed by atoms with E-state index >= 15 is 0 Å². The summed E-state index contributed by atoms with van der Waals surface area (Å²) in [6.45, 7) is 0. The third kappa shape index (κ3) is 1.87. The van der Waals surface area contributed by atoms with Crippen molar-refractivity contribution in [3.05, 3.63) is 59.7 Å². The molecule has 1 heterocycles. The van der Waals surface area contributed by atoms with Crippen LogP contribution in [0.3, 0.4) is 0 Å². The van der Waals surface area contributed by atoms with Crippen molar-refractivity contribution in [2.45, 2.75) is 6.42 Å². The highest BCUT2D eigenvalue weighted by Gasteiger charge is 2.05. The fourth-order valence-electron chi connectivity index (χ4n) is 2.07. The lowest BCUT2D eigenvalue weighted by Crippen LogP contribution is -1.89. The summed E-state index contributed by atoms with van der Waals surface area (Å²) in [5.74, 6) is 0.473. The van der Waals surface area contributed by atoms with Gasteiger partial charge in [-0.2, -0.15) is 0 Å². The summed E-state index contributed by atoms with van der Waals surface area (Å²) in [4.78, 5) is 7.38. The van der Waals surface area contributed by atoms with Gasteiger partial charge in [0.2, 0.25) is 0 Å². The van der Waals surface area contributed by atoms with E-state index in [4.69, 9.17) is 5.73 Å². The van der Waals surface area contributed by atoms with Crippen LogP contribution in [-0.4, -0.2) is 9.97 Å². The molecule has 2 aromatic carbocycles. The Kier molecular flexibility index (Phi) is 2.29. The quantitative estimate of drug-likeness (QED) is 0.701. The number of rotatable bonds is 2. The summed E-state index contributed by atoms with van der Waals surface area (Å²) in [6, 6.07) is 16.5. The molecule has 0 fully saturated rings. The highest BCUT2D eigenvalue weighted by atomic mass is 15.0. The van der Waals surface area contributed by atoms with E-state index in [-0.39, 0.29) is 0 Å². The number of anilines is 1. The number of nitrogens with zero attached hydrogens (tertiary/aromatic N) is 1. The number of fused-ring (bicyclic) bond motifs is 1. The van der Waals surface area contributed by atoms with E-state index in [1.165, 1.54) is 11.1 Å². The number of nitrogens with two attached hydrogens (primary N) is 1. The number of nitrogens with one attached hydrogen (secondary N) is 1. The smallest absolute Gasteiger partial charge is 0.198 e. The van der Waals surface area contributed by atoms with E-state index < -0.39 is 0 Å². The van der Waals surface area contributed by atoms with Crippen LogP contribution in [0.2, 0.25) is 0 Å². The minimum atomic E-state index is 0.473. The molecular weight excluding hydrogens is 210 g/mol. The number of hydrogen-bond acceptors (Lipinski definition) is 2. The summed E-state index contributed by atoms with van der Waals surface area (Å²) in [6.07, 6.45) is 0.877. The van der Waals surface area contributed by atoms with Crippen molar-refractivity contribution < 1.29 is 0 Å². The number of hydrogen-bond donors (Lipinski definition) is 2. The minimum Gasteiger partial charge on any atom is -0.369 e. The van der Waals surface area contributed by atoms with Gasteiger partial charge in [-0.1, -0.05) is 42.5 Å². The third-order valence-corrected chi connectivity index (χ3v) is 2.85. The summed E-state index contributed by atoms with van der Waals surface area (Å²) in [5.41, 5.74) is 10.1. The van der Waals surface area contributed by atoms with Crippen molar-refractivity contribution in [3.8, 4) is 0 Å². The van der Waals surface area contributed by atoms with Crippen LogP contribution in [0.15, 0.2) is 48.5 Å². The van der Waals surface area contributed by atoms with Gasteiger partial charge < -0.3 is 10.7 Å². The van der Waals surface area contributed by atoms with E-state index in [0.29, 0.717) is 5.95 Å². The number of nitrogen functional groups attached to an aromatic ring is 1. The lowest BCUT2D eigenvalue weighted by atomic mass is 10.0. The number of aromatic nitrogens is 2. The highest BCUT2D eigenvalue weighted by molar-refractivity contribution is 5.80. The predicted molar refractivity (Wildman–Crippen MR) is 69.8 cm³/mol. The molecule has 3 nitrogen and oxygen atoms in total. The zero-order valence-corrected chi connectivity index (χ0v) is 9.35. The fraction of sp³-hybridized carbons (Fsp3) is 0.0714. The Labute approximate surface area is 99.3 Å². The van der Waals surface area contributed by atoms with E-state index in [9.17, 15) is 0 Å². The van der Waals surface area contributed by atoms with Crippen LogP contribution in [0.25, 0.3) is 11.0 Å². The number of benzene rings is 2. The Morgan fingerprint density at radius 2 is 1.82 bits per heavy atom. The fourth-order valence-corrected chi connectivity index (χ4v) is 2.07. The van der Waals surface area contributed by atoms with Gasteiger partial charge in [-0.25, -0.2) is 4.98 Å². The maximum atomic E-state index is 5.69. The third-order valence-electron chi connectivity index (χ3n) is 2.85. The van der Waals surface area contributed by atoms with Gasteiger partial charge in [0.1, 0.15) is 0 Å². The van der Waals surface area contributed by atoms with Crippen molar-refractivity contribution in [3.63, 3.8) is 0 Å². The van der Waals surface area contributed by atoms with Crippen LogP contribution in [0.4, 0.5) is 5.95 Å². The first-order valence-electron chi connectivity index (χ1n) is 5.60. The second kappa shape index (κ2) is 3.94. The highest BCUT2D eigenvalue weighted by Crippen LogP contribution is 2.20. The summed E-state index contributed by atoms with van der Waals surface area (Å²) >= 11 is 0. The van der Waals surface area contributed by atoms with Gasteiger partial charge in [0.15, 0.2) is 5.95 Å². The van der Waals surface area contributed by atoms with Crippen molar-refractivity contribution in [1.29, 1.82) is 0 Å². The van der Waals surface area contributed by atoms with Crippen molar-refractivity contribution >= 4 is 17.0 Å². The summed E-state index contributed by atoms with van der Waals surface area (Å²) in [7, 11) is 0. The molecule has 1 aromatic heterocycles. The first-order chi connectivity index (χ1) is 8.33. The van der Waals surface area contributed by atoms with Crippen LogP contribution in [0.5, 0.6) is 0 Å².